The molecule has 0 bridgehead atoms. The van der Waals surface area contributed by atoms with Gasteiger partial charge in [-0.2, -0.15) is 0 Å². The van der Waals surface area contributed by atoms with E-state index in [1.807, 2.05) is 24.3 Å². The van der Waals surface area contributed by atoms with Crippen LogP contribution in [-0.4, -0.2) is 50.5 Å². The summed E-state index contributed by atoms with van der Waals surface area (Å²) in [5, 5.41) is 10.3. The van der Waals surface area contributed by atoms with Crippen LogP contribution in [0.1, 0.15) is 11.1 Å². The summed E-state index contributed by atoms with van der Waals surface area (Å²) in [7, 11) is 0. The van der Waals surface area contributed by atoms with Gasteiger partial charge in [0, 0.05) is 5.56 Å². The van der Waals surface area contributed by atoms with Crippen LogP contribution < -0.4 is 14.5 Å². The minimum Gasteiger partial charge on any atom is -0.491 e. The zero-order valence-electron chi connectivity index (χ0n) is 15.1. The summed E-state index contributed by atoms with van der Waals surface area (Å²) in [6, 6.07) is 18.7. The van der Waals surface area contributed by atoms with Crippen molar-refractivity contribution in [3.63, 3.8) is 0 Å². The van der Waals surface area contributed by atoms with Crippen LogP contribution in [0.4, 0.5) is 0 Å². The van der Waals surface area contributed by atoms with Crippen LogP contribution in [0.5, 0.6) is 5.75 Å². The molecule has 4 nitrogen and oxygen atoms in total. The van der Waals surface area contributed by atoms with Gasteiger partial charge in [0.25, 0.3) is 0 Å². The summed E-state index contributed by atoms with van der Waals surface area (Å²) in [5.41, 5.74) is 2.63. The SMILES string of the molecule is Cc1ccc(OC[C@H](O)C[NH+]2CC[NH+](Cc3ccccc3)CC2)cc1. The number of nitrogens with one attached hydrogen (secondary N) is 2. The number of hydrogen-bond acceptors (Lipinski definition) is 2. The largest absolute Gasteiger partial charge is 0.491 e. The van der Waals surface area contributed by atoms with Gasteiger partial charge in [0.2, 0.25) is 0 Å². The van der Waals surface area contributed by atoms with Gasteiger partial charge in [-0.25, -0.2) is 0 Å². The van der Waals surface area contributed by atoms with Gasteiger partial charge in [0.05, 0.1) is 0 Å². The quantitative estimate of drug-likeness (QED) is 0.648. The maximum Gasteiger partial charge on any atom is 0.137 e. The third-order valence-electron chi connectivity index (χ3n) is 4.95. The molecule has 1 aliphatic heterocycles. The molecule has 2 aromatic carbocycles. The first kappa shape index (κ1) is 17.9. The maximum atomic E-state index is 10.3. The number of benzene rings is 2. The number of aliphatic hydroxyl groups excluding tert-OH is 1. The fourth-order valence-corrected chi connectivity index (χ4v) is 3.44. The Morgan fingerprint density at radius 3 is 2.24 bits per heavy atom. The van der Waals surface area contributed by atoms with E-state index in [1.165, 1.54) is 16.0 Å². The van der Waals surface area contributed by atoms with Crippen LogP contribution in [0.2, 0.25) is 0 Å². The van der Waals surface area contributed by atoms with Crippen molar-refractivity contribution < 1.29 is 19.6 Å². The van der Waals surface area contributed by atoms with Crippen LogP contribution >= 0.6 is 0 Å². The Morgan fingerprint density at radius 1 is 0.920 bits per heavy atom. The molecule has 25 heavy (non-hydrogen) atoms. The van der Waals surface area contributed by atoms with Gasteiger partial charge in [-0.3, -0.25) is 0 Å². The average molecular weight is 342 g/mol. The van der Waals surface area contributed by atoms with E-state index in [0.29, 0.717) is 6.61 Å². The molecule has 3 N–H and O–H groups in total. The maximum absolute atomic E-state index is 10.3. The Balaban J connectivity index is 1.36. The molecule has 2 aromatic rings. The summed E-state index contributed by atoms with van der Waals surface area (Å²) >= 11 is 0. The molecule has 1 saturated heterocycles. The normalized spacial score (nSPS) is 21.7. The van der Waals surface area contributed by atoms with E-state index in [0.717, 1.165) is 45.0 Å². The minimum atomic E-state index is -0.410. The number of piperazine rings is 1. The van der Waals surface area contributed by atoms with Crippen LogP contribution in [0.25, 0.3) is 0 Å². The molecule has 4 heteroatoms. The van der Waals surface area contributed by atoms with Crippen molar-refractivity contribution in [3.05, 3.63) is 65.7 Å². The van der Waals surface area contributed by atoms with Gasteiger partial charge in [-0.1, -0.05) is 48.0 Å². The van der Waals surface area contributed by atoms with E-state index in [-0.39, 0.29) is 0 Å². The number of aliphatic hydroxyl groups is 1. The first-order chi connectivity index (χ1) is 12.2. The molecule has 1 heterocycles. The first-order valence-corrected chi connectivity index (χ1v) is 9.27. The number of ether oxygens (including phenoxy) is 1. The van der Waals surface area contributed by atoms with Crippen molar-refractivity contribution in [3.8, 4) is 5.75 Å². The zero-order chi connectivity index (χ0) is 17.5. The van der Waals surface area contributed by atoms with Crippen molar-refractivity contribution in [2.45, 2.75) is 19.6 Å². The Kier molecular flexibility index (Phi) is 6.45. The molecule has 134 valence electrons. The molecule has 0 aliphatic carbocycles. The van der Waals surface area contributed by atoms with Gasteiger partial charge >= 0.3 is 0 Å². The first-order valence-electron chi connectivity index (χ1n) is 9.27. The molecule has 1 aliphatic rings. The highest BCUT2D eigenvalue weighted by Gasteiger charge is 2.25. The smallest absolute Gasteiger partial charge is 0.137 e. The third kappa shape index (κ3) is 5.85. The molecular formula is C21H30N2O2+2. The highest BCUT2D eigenvalue weighted by molar-refractivity contribution is 5.26. The molecule has 0 unspecified atom stereocenters. The van der Waals surface area contributed by atoms with Crippen LogP contribution in [0.3, 0.4) is 0 Å². The fourth-order valence-electron chi connectivity index (χ4n) is 3.44. The predicted molar refractivity (Wildman–Crippen MR) is 99.1 cm³/mol. The lowest BCUT2D eigenvalue weighted by atomic mass is 10.2. The second-order valence-electron chi connectivity index (χ2n) is 7.14. The molecule has 0 aromatic heterocycles. The Morgan fingerprint density at radius 2 is 1.56 bits per heavy atom. The van der Waals surface area contributed by atoms with Crippen molar-refractivity contribution in [2.24, 2.45) is 0 Å². The zero-order valence-corrected chi connectivity index (χ0v) is 15.1. The van der Waals surface area contributed by atoms with Crippen LogP contribution in [0.15, 0.2) is 54.6 Å². The van der Waals surface area contributed by atoms with Crippen molar-refractivity contribution in [1.29, 1.82) is 0 Å². The van der Waals surface area contributed by atoms with Gasteiger partial charge in [0.15, 0.2) is 0 Å². The highest BCUT2D eigenvalue weighted by atomic mass is 16.5. The monoisotopic (exact) mass is 342 g/mol. The lowest BCUT2D eigenvalue weighted by Crippen LogP contribution is -3.28. The van der Waals surface area contributed by atoms with E-state index < -0.39 is 6.10 Å². The van der Waals surface area contributed by atoms with Crippen molar-refractivity contribution >= 4 is 0 Å². The Bertz CT molecular complexity index is 622. The second kappa shape index (κ2) is 8.99. The molecule has 0 spiro atoms. The lowest BCUT2D eigenvalue weighted by molar-refractivity contribution is -1.02. The van der Waals surface area contributed by atoms with Crippen LogP contribution in [-0.2, 0) is 6.54 Å². The molecule has 1 atom stereocenters. The minimum absolute atomic E-state index is 0.368. The molecule has 3 rings (SSSR count). The molecule has 0 saturated carbocycles. The molecule has 0 radical (unpaired) electrons. The summed E-state index contributed by atoms with van der Waals surface area (Å²) < 4.78 is 5.70. The highest BCUT2D eigenvalue weighted by Crippen LogP contribution is 2.11. The molecule has 1 fully saturated rings. The van der Waals surface area contributed by atoms with Crippen molar-refractivity contribution in [1.82, 2.24) is 0 Å². The van der Waals surface area contributed by atoms with E-state index in [4.69, 9.17) is 4.74 Å². The van der Waals surface area contributed by atoms with Gasteiger partial charge < -0.3 is 19.6 Å². The molecule has 0 amide bonds. The van der Waals surface area contributed by atoms with Gasteiger partial charge in [0.1, 0.15) is 57.7 Å². The van der Waals surface area contributed by atoms with Gasteiger partial charge in [-0.05, 0) is 19.1 Å². The topological polar surface area (TPSA) is 38.3 Å². The van der Waals surface area contributed by atoms with E-state index in [2.05, 4.69) is 37.3 Å². The van der Waals surface area contributed by atoms with E-state index in [9.17, 15) is 5.11 Å². The summed E-state index contributed by atoms with van der Waals surface area (Å²) in [6.45, 7) is 8.85. The Labute approximate surface area is 150 Å². The summed E-state index contributed by atoms with van der Waals surface area (Å²) in [4.78, 5) is 3.12. The van der Waals surface area contributed by atoms with E-state index >= 15 is 0 Å². The lowest BCUT2D eigenvalue weighted by Gasteiger charge is -2.30. The average Bonchev–Trinajstić information content (AvgIpc) is 2.64. The third-order valence-corrected chi connectivity index (χ3v) is 4.95. The predicted octanol–water partition coefficient (Wildman–Crippen LogP) is -0.282. The number of aryl methyl sites for hydroxylation is 1. The Hall–Kier alpha value is -1.88. The van der Waals surface area contributed by atoms with Gasteiger partial charge in [-0.15, -0.1) is 0 Å². The standard InChI is InChI=1S/C21H28N2O2/c1-18-7-9-21(10-8-18)25-17-20(24)16-23-13-11-22(12-14-23)15-19-5-3-2-4-6-19/h2-10,20,24H,11-17H2,1H3/p+2/t20-/m1/s1. The van der Waals surface area contributed by atoms with Crippen molar-refractivity contribution in [2.75, 3.05) is 39.3 Å². The summed E-state index contributed by atoms with van der Waals surface area (Å²) in [6.07, 6.45) is -0.410. The number of hydrogen-bond donors (Lipinski definition) is 3. The van der Waals surface area contributed by atoms with E-state index in [1.54, 1.807) is 4.90 Å². The summed E-state index contributed by atoms with van der Waals surface area (Å²) in [5.74, 6) is 0.830. The molecular weight excluding hydrogens is 312 g/mol. The second-order valence-corrected chi connectivity index (χ2v) is 7.14. The fraction of sp³-hybridized carbons (Fsp3) is 0.429. The number of quaternary nitrogens is 2. The number of rotatable bonds is 7. The van der Waals surface area contributed by atoms with Crippen LogP contribution in [0, 0.1) is 6.92 Å².